The molecule has 0 aromatic heterocycles. The smallest absolute Gasteiger partial charge is 0.335 e. The van der Waals surface area contributed by atoms with Gasteiger partial charge in [-0.3, -0.25) is 10.1 Å². The highest BCUT2D eigenvalue weighted by molar-refractivity contribution is 5.90. The Morgan fingerprint density at radius 1 is 1.38 bits per heavy atom. The molecule has 1 aliphatic heterocycles. The molecule has 1 fully saturated rings. The standard InChI is InChI=1S/C15H20N2O4/c1-10(2)11-5-7-16(8-6-11)14-9-12(15(18)19)3-4-13(14)17(20)21/h3-4,9-11H,5-8H2,1-2H3,(H,18,19). The first-order valence-electron chi connectivity index (χ1n) is 7.17. The van der Waals surface area contributed by atoms with Gasteiger partial charge in [0, 0.05) is 19.2 Å². The predicted molar refractivity (Wildman–Crippen MR) is 79.8 cm³/mol. The number of piperidine rings is 1. The summed E-state index contributed by atoms with van der Waals surface area (Å²) in [5, 5.41) is 20.2. The molecule has 0 radical (unpaired) electrons. The van der Waals surface area contributed by atoms with Crippen LogP contribution in [0.2, 0.25) is 0 Å². The topological polar surface area (TPSA) is 83.7 Å². The van der Waals surface area contributed by atoms with Crippen molar-refractivity contribution in [1.29, 1.82) is 0 Å². The van der Waals surface area contributed by atoms with Crippen molar-refractivity contribution in [3.8, 4) is 0 Å². The van der Waals surface area contributed by atoms with Gasteiger partial charge in [-0.2, -0.15) is 0 Å². The minimum absolute atomic E-state index is 0.0250. The van der Waals surface area contributed by atoms with Crippen LogP contribution in [0, 0.1) is 22.0 Å². The van der Waals surface area contributed by atoms with Crippen LogP contribution in [0.3, 0.4) is 0 Å². The molecule has 21 heavy (non-hydrogen) atoms. The molecule has 1 aromatic carbocycles. The van der Waals surface area contributed by atoms with Crippen molar-refractivity contribution >= 4 is 17.3 Å². The van der Waals surface area contributed by atoms with Crippen LogP contribution >= 0.6 is 0 Å². The second-order valence-electron chi connectivity index (χ2n) is 5.83. The van der Waals surface area contributed by atoms with E-state index in [9.17, 15) is 14.9 Å². The number of hydrogen-bond donors (Lipinski definition) is 1. The van der Waals surface area contributed by atoms with Gasteiger partial charge in [0.15, 0.2) is 0 Å². The van der Waals surface area contributed by atoms with Gasteiger partial charge in [-0.05, 0) is 36.8 Å². The van der Waals surface area contributed by atoms with Gasteiger partial charge in [-0.15, -0.1) is 0 Å². The lowest BCUT2D eigenvalue weighted by atomic mass is 9.86. The maximum Gasteiger partial charge on any atom is 0.335 e. The molecule has 1 aromatic rings. The van der Waals surface area contributed by atoms with Crippen LogP contribution < -0.4 is 4.90 Å². The highest BCUT2D eigenvalue weighted by atomic mass is 16.6. The van der Waals surface area contributed by atoms with E-state index >= 15 is 0 Å². The third kappa shape index (κ3) is 3.32. The van der Waals surface area contributed by atoms with Gasteiger partial charge in [0.2, 0.25) is 0 Å². The molecule has 1 saturated heterocycles. The summed E-state index contributed by atoms with van der Waals surface area (Å²) >= 11 is 0. The van der Waals surface area contributed by atoms with E-state index in [1.807, 2.05) is 4.90 Å². The number of anilines is 1. The molecular formula is C15H20N2O4. The molecule has 0 atom stereocenters. The van der Waals surface area contributed by atoms with E-state index in [-0.39, 0.29) is 11.3 Å². The van der Waals surface area contributed by atoms with E-state index in [2.05, 4.69) is 13.8 Å². The molecule has 0 saturated carbocycles. The van der Waals surface area contributed by atoms with Crippen LogP contribution in [0.25, 0.3) is 0 Å². The summed E-state index contributed by atoms with van der Waals surface area (Å²) in [7, 11) is 0. The van der Waals surface area contributed by atoms with E-state index < -0.39 is 10.9 Å². The number of nitro benzene ring substituents is 1. The lowest BCUT2D eigenvalue weighted by molar-refractivity contribution is -0.384. The molecule has 1 N–H and O–H groups in total. The summed E-state index contributed by atoms with van der Waals surface area (Å²) in [5.74, 6) is 0.165. The zero-order valence-corrected chi connectivity index (χ0v) is 12.3. The fraction of sp³-hybridized carbons (Fsp3) is 0.533. The molecule has 0 aliphatic carbocycles. The minimum Gasteiger partial charge on any atom is -0.478 e. The number of carboxylic acid groups (broad SMARTS) is 1. The van der Waals surface area contributed by atoms with Gasteiger partial charge in [0.05, 0.1) is 10.5 Å². The Morgan fingerprint density at radius 2 is 2.00 bits per heavy atom. The number of nitrogens with zero attached hydrogens (tertiary/aromatic N) is 2. The Labute approximate surface area is 123 Å². The van der Waals surface area contributed by atoms with Crippen LogP contribution in [0.15, 0.2) is 18.2 Å². The van der Waals surface area contributed by atoms with Gasteiger partial charge in [0.25, 0.3) is 5.69 Å². The largest absolute Gasteiger partial charge is 0.478 e. The fourth-order valence-electron chi connectivity index (χ4n) is 2.87. The maximum atomic E-state index is 11.1. The number of rotatable bonds is 4. The Bertz CT molecular complexity index is 549. The molecule has 1 aliphatic rings. The van der Waals surface area contributed by atoms with Crippen LogP contribution in [-0.2, 0) is 0 Å². The van der Waals surface area contributed by atoms with Crippen LogP contribution in [0.1, 0.15) is 37.0 Å². The van der Waals surface area contributed by atoms with Gasteiger partial charge in [0.1, 0.15) is 5.69 Å². The Balaban J connectivity index is 2.27. The van der Waals surface area contributed by atoms with Crippen molar-refractivity contribution in [3.63, 3.8) is 0 Å². The molecule has 2 rings (SSSR count). The molecule has 114 valence electrons. The zero-order valence-electron chi connectivity index (χ0n) is 12.3. The Kier molecular flexibility index (Phi) is 4.45. The number of nitro groups is 1. The fourth-order valence-corrected chi connectivity index (χ4v) is 2.87. The molecular weight excluding hydrogens is 272 g/mol. The number of aromatic carboxylic acids is 1. The normalized spacial score (nSPS) is 16.2. The first-order chi connectivity index (χ1) is 9.90. The van der Waals surface area contributed by atoms with Crippen molar-refractivity contribution < 1.29 is 14.8 Å². The van der Waals surface area contributed by atoms with Crippen molar-refractivity contribution in [3.05, 3.63) is 33.9 Å². The van der Waals surface area contributed by atoms with E-state index in [1.165, 1.54) is 18.2 Å². The van der Waals surface area contributed by atoms with E-state index in [1.54, 1.807) is 0 Å². The average molecular weight is 292 g/mol. The number of hydrogen-bond acceptors (Lipinski definition) is 4. The van der Waals surface area contributed by atoms with Crippen LogP contribution in [0.5, 0.6) is 0 Å². The van der Waals surface area contributed by atoms with E-state index in [0.29, 0.717) is 17.5 Å². The van der Waals surface area contributed by atoms with Gasteiger partial charge >= 0.3 is 5.97 Å². The summed E-state index contributed by atoms with van der Waals surface area (Å²) in [6.45, 7) is 5.83. The average Bonchev–Trinajstić information content (AvgIpc) is 2.46. The summed E-state index contributed by atoms with van der Waals surface area (Å²) < 4.78 is 0. The molecule has 0 amide bonds. The summed E-state index contributed by atoms with van der Waals surface area (Å²) in [6, 6.07) is 3.98. The van der Waals surface area contributed by atoms with Gasteiger partial charge in [-0.1, -0.05) is 13.8 Å². The molecule has 6 nitrogen and oxygen atoms in total. The van der Waals surface area contributed by atoms with E-state index in [4.69, 9.17) is 5.11 Å². The number of carboxylic acids is 1. The monoisotopic (exact) mass is 292 g/mol. The predicted octanol–water partition coefficient (Wildman–Crippen LogP) is 3.17. The van der Waals surface area contributed by atoms with Crippen LogP contribution in [0.4, 0.5) is 11.4 Å². The van der Waals surface area contributed by atoms with Crippen molar-refractivity contribution in [2.24, 2.45) is 11.8 Å². The summed E-state index contributed by atoms with van der Waals surface area (Å²) in [6.07, 6.45) is 1.96. The molecule has 0 unspecified atom stereocenters. The number of carbonyl (C=O) groups is 1. The minimum atomic E-state index is -1.07. The van der Waals surface area contributed by atoms with Crippen LogP contribution in [-0.4, -0.2) is 29.1 Å². The Hall–Kier alpha value is -2.11. The third-order valence-electron chi connectivity index (χ3n) is 4.24. The van der Waals surface area contributed by atoms with E-state index in [0.717, 1.165) is 25.9 Å². The van der Waals surface area contributed by atoms with Crippen molar-refractivity contribution in [2.45, 2.75) is 26.7 Å². The highest BCUT2D eigenvalue weighted by Crippen LogP contribution is 2.34. The summed E-state index contributed by atoms with van der Waals surface area (Å²) in [5.41, 5.74) is 0.478. The molecule has 6 heteroatoms. The Morgan fingerprint density at radius 3 is 2.48 bits per heavy atom. The SMILES string of the molecule is CC(C)C1CCN(c2cc(C(=O)O)ccc2[N+](=O)[O-])CC1. The third-order valence-corrected chi connectivity index (χ3v) is 4.24. The molecule has 0 bridgehead atoms. The highest BCUT2D eigenvalue weighted by Gasteiger charge is 2.26. The first kappa shape index (κ1) is 15.3. The molecule has 1 heterocycles. The second-order valence-corrected chi connectivity index (χ2v) is 5.83. The van der Waals surface area contributed by atoms with Crippen molar-refractivity contribution in [2.75, 3.05) is 18.0 Å². The first-order valence-corrected chi connectivity index (χ1v) is 7.17. The lowest BCUT2D eigenvalue weighted by Crippen LogP contribution is -2.35. The number of benzene rings is 1. The van der Waals surface area contributed by atoms with Gasteiger partial charge < -0.3 is 10.0 Å². The lowest BCUT2D eigenvalue weighted by Gasteiger charge is -2.35. The van der Waals surface area contributed by atoms with Gasteiger partial charge in [-0.25, -0.2) is 4.79 Å². The quantitative estimate of drug-likeness (QED) is 0.680. The second kappa shape index (κ2) is 6.11. The zero-order chi connectivity index (χ0) is 15.6. The molecule has 0 spiro atoms. The van der Waals surface area contributed by atoms with Crippen molar-refractivity contribution in [1.82, 2.24) is 0 Å². The summed E-state index contributed by atoms with van der Waals surface area (Å²) in [4.78, 5) is 23.7. The maximum absolute atomic E-state index is 11.1.